The van der Waals surface area contributed by atoms with Crippen LogP contribution < -0.4 is 0 Å². The third kappa shape index (κ3) is 1.98. The summed E-state index contributed by atoms with van der Waals surface area (Å²) in [5.41, 5.74) is 3.23. The highest BCUT2D eigenvalue weighted by Crippen LogP contribution is 2.26. The lowest BCUT2D eigenvalue weighted by molar-refractivity contribution is 0.0601. The van der Waals surface area contributed by atoms with Gasteiger partial charge in [0.05, 0.1) is 23.2 Å². The molecule has 0 saturated heterocycles. The molecule has 0 spiro atoms. The number of hydrogen-bond donors (Lipinski definition) is 0. The van der Waals surface area contributed by atoms with Crippen molar-refractivity contribution in [1.29, 1.82) is 0 Å². The quantitative estimate of drug-likeness (QED) is 0.728. The fourth-order valence-electron chi connectivity index (χ4n) is 1.82. The standard InChI is InChI=1S/C13H12ClNO2/c1-7-4-9(13(16)17-3)5-10-8(2)11(14)6-15-12(7)10/h4-6H,1-3H3. The van der Waals surface area contributed by atoms with Crippen molar-refractivity contribution in [3.05, 3.63) is 40.0 Å². The number of ether oxygens (including phenoxy) is 1. The molecule has 0 radical (unpaired) electrons. The average Bonchev–Trinajstić information content (AvgIpc) is 2.33. The lowest BCUT2D eigenvalue weighted by atomic mass is 10.0. The molecule has 0 amide bonds. The highest BCUT2D eigenvalue weighted by atomic mass is 35.5. The van der Waals surface area contributed by atoms with Crippen LogP contribution in [0.25, 0.3) is 10.9 Å². The number of fused-ring (bicyclic) bond motifs is 1. The van der Waals surface area contributed by atoms with Gasteiger partial charge in [-0.1, -0.05) is 11.6 Å². The Hall–Kier alpha value is -1.61. The fourth-order valence-corrected chi connectivity index (χ4v) is 1.97. The smallest absolute Gasteiger partial charge is 0.337 e. The van der Waals surface area contributed by atoms with E-state index in [4.69, 9.17) is 16.3 Å². The van der Waals surface area contributed by atoms with E-state index in [0.717, 1.165) is 22.0 Å². The van der Waals surface area contributed by atoms with Gasteiger partial charge in [0.25, 0.3) is 0 Å². The van der Waals surface area contributed by atoms with Crippen LogP contribution in [-0.4, -0.2) is 18.1 Å². The highest BCUT2D eigenvalue weighted by Gasteiger charge is 2.11. The van der Waals surface area contributed by atoms with Gasteiger partial charge in [-0.05, 0) is 37.1 Å². The topological polar surface area (TPSA) is 39.2 Å². The van der Waals surface area contributed by atoms with Crippen molar-refractivity contribution in [2.75, 3.05) is 7.11 Å². The van der Waals surface area contributed by atoms with Crippen molar-refractivity contribution in [2.24, 2.45) is 0 Å². The number of hydrogen-bond acceptors (Lipinski definition) is 3. The number of carbonyl (C=O) groups excluding carboxylic acids is 1. The van der Waals surface area contributed by atoms with Gasteiger partial charge < -0.3 is 4.74 Å². The molecule has 17 heavy (non-hydrogen) atoms. The Morgan fingerprint density at radius 2 is 2.06 bits per heavy atom. The van der Waals surface area contributed by atoms with E-state index in [-0.39, 0.29) is 5.97 Å². The minimum absolute atomic E-state index is 0.352. The van der Waals surface area contributed by atoms with Gasteiger partial charge in [-0.15, -0.1) is 0 Å². The van der Waals surface area contributed by atoms with Crippen LogP contribution in [0.3, 0.4) is 0 Å². The Bertz CT molecular complexity index is 608. The van der Waals surface area contributed by atoms with Crippen LogP contribution in [0.5, 0.6) is 0 Å². The summed E-state index contributed by atoms with van der Waals surface area (Å²) in [6.45, 7) is 3.82. The molecule has 0 N–H and O–H groups in total. The van der Waals surface area contributed by atoms with Crippen molar-refractivity contribution in [3.63, 3.8) is 0 Å². The van der Waals surface area contributed by atoms with E-state index in [0.29, 0.717) is 10.6 Å². The summed E-state index contributed by atoms with van der Waals surface area (Å²) in [6, 6.07) is 3.54. The van der Waals surface area contributed by atoms with E-state index in [1.54, 1.807) is 18.3 Å². The number of halogens is 1. The summed E-state index contributed by atoms with van der Waals surface area (Å²) >= 11 is 6.03. The van der Waals surface area contributed by atoms with Crippen LogP contribution in [0, 0.1) is 13.8 Å². The maximum absolute atomic E-state index is 11.5. The van der Waals surface area contributed by atoms with Crippen LogP contribution >= 0.6 is 11.6 Å². The molecule has 3 nitrogen and oxygen atoms in total. The third-order valence-corrected chi connectivity index (χ3v) is 3.17. The van der Waals surface area contributed by atoms with Gasteiger partial charge >= 0.3 is 5.97 Å². The second-order valence-electron chi connectivity index (χ2n) is 3.91. The molecule has 0 atom stereocenters. The average molecular weight is 250 g/mol. The number of benzene rings is 1. The first-order valence-electron chi connectivity index (χ1n) is 5.18. The van der Waals surface area contributed by atoms with Gasteiger partial charge in [-0.25, -0.2) is 4.79 Å². The second-order valence-corrected chi connectivity index (χ2v) is 4.32. The summed E-state index contributed by atoms with van der Waals surface area (Å²) in [4.78, 5) is 15.8. The van der Waals surface area contributed by atoms with E-state index in [2.05, 4.69) is 4.98 Å². The monoisotopic (exact) mass is 249 g/mol. The Morgan fingerprint density at radius 1 is 1.35 bits per heavy atom. The summed E-state index contributed by atoms with van der Waals surface area (Å²) in [6.07, 6.45) is 1.63. The molecule has 0 aliphatic heterocycles. The number of rotatable bonds is 1. The molecule has 0 aliphatic carbocycles. The van der Waals surface area contributed by atoms with Crippen molar-refractivity contribution in [2.45, 2.75) is 13.8 Å². The van der Waals surface area contributed by atoms with E-state index in [1.165, 1.54) is 7.11 Å². The molecule has 0 saturated carbocycles. The molecule has 0 fully saturated rings. The number of methoxy groups -OCH3 is 1. The number of aromatic nitrogens is 1. The second kappa shape index (κ2) is 4.34. The van der Waals surface area contributed by atoms with E-state index in [1.807, 2.05) is 13.8 Å². The van der Waals surface area contributed by atoms with Gasteiger partial charge in [0.15, 0.2) is 0 Å². The van der Waals surface area contributed by atoms with E-state index in [9.17, 15) is 4.79 Å². The summed E-state index contributed by atoms with van der Waals surface area (Å²) in [5, 5.41) is 1.48. The number of aryl methyl sites for hydroxylation is 2. The van der Waals surface area contributed by atoms with Gasteiger partial charge in [-0.2, -0.15) is 0 Å². The van der Waals surface area contributed by atoms with Gasteiger partial charge in [0.2, 0.25) is 0 Å². The maximum atomic E-state index is 11.5. The van der Waals surface area contributed by atoms with Crippen LogP contribution in [0.2, 0.25) is 5.02 Å². The van der Waals surface area contributed by atoms with Gasteiger partial charge in [0.1, 0.15) is 0 Å². The summed E-state index contributed by atoms with van der Waals surface area (Å²) in [7, 11) is 1.37. The predicted octanol–water partition coefficient (Wildman–Crippen LogP) is 3.29. The molecule has 88 valence electrons. The Balaban J connectivity index is 2.79. The maximum Gasteiger partial charge on any atom is 0.337 e. The number of nitrogens with zero attached hydrogens (tertiary/aromatic N) is 1. The van der Waals surface area contributed by atoms with Crippen molar-refractivity contribution >= 4 is 28.5 Å². The van der Waals surface area contributed by atoms with Crippen molar-refractivity contribution in [1.82, 2.24) is 4.98 Å². The van der Waals surface area contributed by atoms with Gasteiger partial charge in [-0.3, -0.25) is 4.98 Å². The summed E-state index contributed by atoms with van der Waals surface area (Å²) in [5.74, 6) is -0.352. The third-order valence-electron chi connectivity index (χ3n) is 2.79. The molecule has 1 heterocycles. The summed E-state index contributed by atoms with van der Waals surface area (Å²) < 4.78 is 4.72. The van der Waals surface area contributed by atoms with Crippen LogP contribution in [0.1, 0.15) is 21.5 Å². The first-order valence-corrected chi connectivity index (χ1v) is 5.56. The van der Waals surface area contributed by atoms with Crippen molar-refractivity contribution in [3.8, 4) is 0 Å². The molecule has 2 rings (SSSR count). The van der Waals surface area contributed by atoms with Crippen molar-refractivity contribution < 1.29 is 9.53 Å². The van der Waals surface area contributed by atoms with E-state index < -0.39 is 0 Å². The highest BCUT2D eigenvalue weighted by molar-refractivity contribution is 6.32. The zero-order chi connectivity index (χ0) is 12.6. The Labute approximate surface area is 104 Å². The molecular formula is C13H12ClNO2. The molecule has 4 heteroatoms. The van der Waals surface area contributed by atoms with Crippen LogP contribution in [0.4, 0.5) is 0 Å². The SMILES string of the molecule is COC(=O)c1cc(C)c2ncc(Cl)c(C)c2c1. The van der Waals surface area contributed by atoms with Crippen LogP contribution in [0.15, 0.2) is 18.3 Å². The number of pyridine rings is 1. The molecule has 0 unspecified atom stereocenters. The fraction of sp³-hybridized carbons (Fsp3) is 0.231. The first kappa shape index (κ1) is 11.9. The van der Waals surface area contributed by atoms with E-state index >= 15 is 0 Å². The predicted molar refractivity (Wildman–Crippen MR) is 67.6 cm³/mol. The van der Waals surface area contributed by atoms with Gasteiger partial charge in [0, 0.05) is 11.6 Å². The number of carbonyl (C=O) groups is 1. The lowest BCUT2D eigenvalue weighted by Crippen LogP contribution is -2.02. The molecule has 1 aromatic heterocycles. The molecule has 2 aromatic rings. The lowest BCUT2D eigenvalue weighted by Gasteiger charge is -2.08. The zero-order valence-electron chi connectivity index (χ0n) is 9.87. The first-order chi connectivity index (χ1) is 8.04. The largest absolute Gasteiger partial charge is 0.465 e. The zero-order valence-corrected chi connectivity index (χ0v) is 10.6. The Morgan fingerprint density at radius 3 is 2.71 bits per heavy atom. The Kier molecular flexibility index (Phi) is 3.03. The molecular weight excluding hydrogens is 238 g/mol. The normalized spacial score (nSPS) is 10.6. The molecule has 1 aromatic carbocycles. The minimum Gasteiger partial charge on any atom is -0.465 e. The molecule has 0 aliphatic rings. The number of esters is 1. The molecule has 0 bridgehead atoms. The minimum atomic E-state index is -0.352. The van der Waals surface area contributed by atoms with Crippen LogP contribution in [-0.2, 0) is 4.74 Å².